The Morgan fingerprint density at radius 1 is 0.914 bits per heavy atom. The van der Waals surface area contributed by atoms with Crippen molar-refractivity contribution in [3.63, 3.8) is 0 Å². The predicted octanol–water partition coefficient (Wildman–Crippen LogP) is 6.66. The molecule has 1 aliphatic carbocycles. The molecule has 4 rings (SSSR count). The van der Waals surface area contributed by atoms with Crippen LogP contribution in [0.4, 0.5) is 0 Å². The fourth-order valence-electron chi connectivity index (χ4n) is 4.81. The summed E-state index contributed by atoms with van der Waals surface area (Å²) < 4.78 is 6.46. The van der Waals surface area contributed by atoms with Crippen molar-refractivity contribution in [3.8, 4) is 11.1 Å². The Balaban J connectivity index is 1.80. The van der Waals surface area contributed by atoms with Gasteiger partial charge in [0.2, 0.25) is 0 Å². The van der Waals surface area contributed by atoms with Crippen molar-refractivity contribution in [1.82, 2.24) is 5.32 Å². The van der Waals surface area contributed by atoms with E-state index in [1.54, 1.807) is 0 Å². The van der Waals surface area contributed by atoms with Crippen LogP contribution in [-0.2, 0) is 14.8 Å². The first-order valence-electron chi connectivity index (χ1n) is 12.4. The molecule has 184 valence electrons. The predicted molar refractivity (Wildman–Crippen MR) is 145 cm³/mol. The highest BCUT2D eigenvalue weighted by Crippen LogP contribution is 2.51. The Labute approximate surface area is 210 Å². The van der Waals surface area contributed by atoms with Crippen molar-refractivity contribution in [2.45, 2.75) is 57.4 Å². The first kappa shape index (κ1) is 25.4. The largest absolute Gasteiger partial charge is 0.480 e. The summed E-state index contributed by atoms with van der Waals surface area (Å²) in [7, 11) is -2.01. The molecule has 0 fully saturated rings. The number of carbonyl (C=O) groups is 1. The molecule has 1 aliphatic rings. The second kappa shape index (κ2) is 9.38. The molecule has 35 heavy (non-hydrogen) atoms. The van der Waals surface area contributed by atoms with Crippen LogP contribution in [0.2, 0.25) is 18.1 Å². The summed E-state index contributed by atoms with van der Waals surface area (Å²) in [4.78, 5) is 12.7. The lowest BCUT2D eigenvalue weighted by Crippen LogP contribution is -2.55. The van der Waals surface area contributed by atoms with E-state index in [2.05, 4.69) is 75.6 Å². The summed E-state index contributed by atoms with van der Waals surface area (Å²) in [5, 5.41) is 14.2. The zero-order valence-electron chi connectivity index (χ0n) is 21.6. The smallest absolute Gasteiger partial charge is 0.321 e. The number of benzene rings is 3. The number of hydrogen-bond acceptors (Lipinski definition) is 3. The van der Waals surface area contributed by atoms with E-state index in [0.29, 0.717) is 6.61 Å². The standard InChI is InChI=1S/C30H37NO3Si/c1-21(20-34-35(5,6)29(2,3)4)27(28(32)33)31-30(22-14-8-7-9-15-22)25-18-12-10-16-23(25)24-17-11-13-19-26(24)30/h7-19,21,27,31H,20H2,1-6H3,(H,32,33). The lowest BCUT2D eigenvalue weighted by molar-refractivity contribution is -0.141. The lowest BCUT2D eigenvalue weighted by atomic mass is 9.79. The second-order valence-corrected chi connectivity index (χ2v) is 16.0. The van der Waals surface area contributed by atoms with Crippen LogP contribution < -0.4 is 5.32 Å². The van der Waals surface area contributed by atoms with Crippen molar-refractivity contribution < 1.29 is 14.3 Å². The minimum atomic E-state index is -2.01. The molecular weight excluding hydrogens is 450 g/mol. The van der Waals surface area contributed by atoms with Crippen LogP contribution in [0.5, 0.6) is 0 Å². The van der Waals surface area contributed by atoms with Gasteiger partial charge in [0.15, 0.2) is 8.32 Å². The Morgan fingerprint density at radius 3 is 1.89 bits per heavy atom. The molecule has 0 aromatic heterocycles. The summed E-state index contributed by atoms with van der Waals surface area (Å²) in [6.07, 6.45) is 0. The Morgan fingerprint density at radius 2 is 1.40 bits per heavy atom. The third-order valence-corrected chi connectivity index (χ3v) is 12.4. The van der Waals surface area contributed by atoms with Crippen molar-refractivity contribution in [1.29, 1.82) is 0 Å². The number of rotatable bonds is 8. The van der Waals surface area contributed by atoms with E-state index in [1.165, 1.54) is 0 Å². The van der Waals surface area contributed by atoms with Crippen molar-refractivity contribution >= 4 is 14.3 Å². The van der Waals surface area contributed by atoms with Crippen molar-refractivity contribution in [2.75, 3.05) is 6.61 Å². The van der Waals surface area contributed by atoms with Gasteiger partial charge in [-0.15, -0.1) is 0 Å². The van der Waals surface area contributed by atoms with Crippen LogP contribution in [0.15, 0.2) is 78.9 Å². The number of nitrogens with one attached hydrogen (secondary N) is 1. The van der Waals surface area contributed by atoms with Crippen molar-refractivity contribution in [3.05, 3.63) is 95.6 Å². The molecule has 0 aliphatic heterocycles. The van der Waals surface area contributed by atoms with Gasteiger partial charge in [0.1, 0.15) is 6.04 Å². The van der Waals surface area contributed by atoms with E-state index in [1.807, 2.05) is 49.4 Å². The van der Waals surface area contributed by atoms with Crippen LogP contribution in [0.1, 0.15) is 44.4 Å². The molecular formula is C30H37NO3Si. The van der Waals surface area contributed by atoms with E-state index in [4.69, 9.17) is 4.43 Å². The van der Waals surface area contributed by atoms with Gasteiger partial charge in [-0.3, -0.25) is 10.1 Å². The summed E-state index contributed by atoms with van der Waals surface area (Å²) >= 11 is 0. The van der Waals surface area contributed by atoms with Gasteiger partial charge in [-0.25, -0.2) is 0 Å². The van der Waals surface area contributed by atoms with Gasteiger partial charge >= 0.3 is 5.97 Å². The number of carboxylic acid groups (broad SMARTS) is 1. The number of fused-ring (bicyclic) bond motifs is 3. The fourth-order valence-corrected chi connectivity index (χ4v) is 5.92. The Bertz CT molecular complexity index is 1150. The fraction of sp³-hybridized carbons (Fsp3) is 0.367. The molecule has 3 aromatic rings. The van der Waals surface area contributed by atoms with Gasteiger partial charge in [-0.05, 0) is 45.9 Å². The van der Waals surface area contributed by atoms with Gasteiger partial charge in [0.25, 0.3) is 0 Å². The summed E-state index contributed by atoms with van der Waals surface area (Å²) in [6, 6.07) is 26.0. The van der Waals surface area contributed by atoms with E-state index in [-0.39, 0.29) is 11.0 Å². The SMILES string of the molecule is CC(CO[Si](C)(C)C(C)(C)C)C(NC1(c2ccccc2)c2ccccc2-c2ccccc21)C(=O)O. The highest BCUT2D eigenvalue weighted by atomic mass is 28.4. The third-order valence-electron chi connectivity index (χ3n) is 7.88. The molecule has 0 bridgehead atoms. The number of aliphatic carboxylic acids is 1. The molecule has 0 amide bonds. The minimum Gasteiger partial charge on any atom is -0.480 e. The molecule has 2 N–H and O–H groups in total. The zero-order chi connectivity index (χ0) is 25.4. The lowest BCUT2D eigenvalue weighted by Gasteiger charge is -2.40. The normalized spacial score (nSPS) is 16.3. The number of carboxylic acids is 1. The van der Waals surface area contributed by atoms with Crippen LogP contribution >= 0.6 is 0 Å². The van der Waals surface area contributed by atoms with Crippen LogP contribution in [0.25, 0.3) is 11.1 Å². The maximum Gasteiger partial charge on any atom is 0.321 e. The van der Waals surface area contributed by atoms with Crippen LogP contribution in [-0.4, -0.2) is 32.0 Å². The minimum absolute atomic E-state index is 0.0630. The van der Waals surface area contributed by atoms with Gasteiger partial charge in [-0.2, -0.15) is 0 Å². The summed E-state index contributed by atoms with van der Waals surface area (Å²) in [5.41, 5.74) is 4.68. The third kappa shape index (κ3) is 4.49. The molecule has 5 heteroatoms. The molecule has 2 atom stereocenters. The Hall–Kier alpha value is -2.73. The van der Waals surface area contributed by atoms with E-state index < -0.39 is 25.9 Å². The number of hydrogen-bond donors (Lipinski definition) is 2. The summed E-state index contributed by atoms with van der Waals surface area (Å²) in [5.74, 6) is -1.10. The molecule has 0 radical (unpaired) electrons. The highest BCUT2D eigenvalue weighted by molar-refractivity contribution is 6.74. The average Bonchev–Trinajstić information content (AvgIpc) is 3.11. The molecule has 3 aromatic carbocycles. The zero-order valence-corrected chi connectivity index (χ0v) is 22.6. The average molecular weight is 488 g/mol. The van der Waals surface area contributed by atoms with Gasteiger partial charge in [0, 0.05) is 12.5 Å². The molecule has 0 saturated heterocycles. The van der Waals surface area contributed by atoms with Gasteiger partial charge in [0.05, 0.1) is 5.54 Å². The van der Waals surface area contributed by atoms with Gasteiger partial charge < -0.3 is 9.53 Å². The molecule has 0 heterocycles. The quantitative estimate of drug-likeness (QED) is 0.349. The van der Waals surface area contributed by atoms with Crippen molar-refractivity contribution in [2.24, 2.45) is 5.92 Å². The van der Waals surface area contributed by atoms with Gasteiger partial charge in [-0.1, -0.05) is 107 Å². The van der Waals surface area contributed by atoms with E-state index >= 15 is 0 Å². The van der Waals surface area contributed by atoms with Crippen LogP contribution in [0.3, 0.4) is 0 Å². The maximum atomic E-state index is 12.7. The van der Waals surface area contributed by atoms with E-state index in [9.17, 15) is 9.90 Å². The molecule has 0 spiro atoms. The summed E-state index contributed by atoms with van der Waals surface area (Å²) in [6.45, 7) is 13.4. The monoisotopic (exact) mass is 487 g/mol. The molecule has 0 saturated carbocycles. The van der Waals surface area contributed by atoms with Crippen LogP contribution in [0, 0.1) is 5.92 Å². The first-order chi connectivity index (χ1) is 16.5. The Kier molecular flexibility index (Phi) is 6.80. The maximum absolute atomic E-state index is 12.7. The van der Waals surface area contributed by atoms with E-state index in [0.717, 1.165) is 27.8 Å². The first-order valence-corrected chi connectivity index (χ1v) is 15.3. The highest BCUT2D eigenvalue weighted by Gasteiger charge is 2.48. The second-order valence-electron chi connectivity index (χ2n) is 11.2. The topological polar surface area (TPSA) is 58.6 Å². The molecule has 4 nitrogen and oxygen atoms in total. The molecule has 2 unspecified atom stereocenters.